The van der Waals surface area contributed by atoms with Crippen molar-refractivity contribution < 1.29 is 27.5 Å². The minimum absolute atomic E-state index is 0.0272. The van der Waals surface area contributed by atoms with Crippen molar-refractivity contribution in [1.82, 2.24) is 20.4 Å². The molecule has 1 aliphatic carbocycles. The molecule has 1 aromatic carbocycles. The number of rotatable bonds is 5. The van der Waals surface area contributed by atoms with E-state index in [4.69, 9.17) is 4.74 Å². The number of aromatic nitrogens is 2. The molecule has 2 fully saturated rings. The number of carbonyl (C=O) groups is 2. The van der Waals surface area contributed by atoms with E-state index in [1.165, 1.54) is 29.9 Å². The SMILES string of the molecule is CNC(=O)c1cc(C(=O)NC2[C@H]3COC[C@@H]23)n([C@@H](C)c2ccc(C(F)(F)F)cc2)n1. The smallest absolute Gasteiger partial charge is 0.381 e. The Morgan fingerprint density at radius 3 is 2.37 bits per heavy atom. The van der Waals surface area contributed by atoms with Crippen LogP contribution in [0.4, 0.5) is 13.2 Å². The third kappa shape index (κ3) is 3.67. The van der Waals surface area contributed by atoms with Crippen LogP contribution < -0.4 is 10.6 Å². The van der Waals surface area contributed by atoms with Gasteiger partial charge in [0.1, 0.15) is 5.69 Å². The molecule has 10 heteroatoms. The van der Waals surface area contributed by atoms with E-state index in [9.17, 15) is 22.8 Å². The Bertz CT molecular complexity index is 961. The number of amides is 2. The van der Waals surface area contributed by atoms with E-state index in [-0.39, 0.29) is 23.3 Å². The van der Waals surface area contributed by atoms with E-state index >= 15 is 0 Å². The summed E-state index contributed by atoms with van der Waals surface area (Å²) in [6, 6.07) is 5.52. The van der Waals surface area contributed by atoms with Gasteiger partial charge in [-0.05, 0) is 24.6 Å². The van der Waals surface area contributed by atoms with Crippen LogP contribution in [0.3, 0.4) is 0 Å². The first-order chi connectivity index (χ1) is 14.2. The van der Waals surface area contributed by atoms with Crippen LogP contribution in [0.15, 0.2) is 30.3 Å². The van der Waals surface area contributed by atoms with Crippen LogP contribution in [-0.2, 0) is 10.9 Å². The van der Waals surface area contributed by atoms with E-state index in [0.717, 1.165) is 12.1 Å². The van der Waals surface area contributed by atoms with Gasteiger partial charge in [-0.2, -0.15) is 18.3 Å². The van der Waals surface area contributed by atoms with Gasteiger partial charge in [0.2, 0.25) is 0 Å². The lowest BCUT2D eigenvalue weighted by molar-refractivity contribution is -0.137. The molecule has 0 bridgehead atoms. The Labute approximate surface area is 170 Å². The highest BCUT2D eigenvalue weighted by Gasteiger charge is 2.55. The minimum Gasteiger partial charge on any atom is -0.381 e. The molecule has 0 spiro atoms. The van der Waals surface area contributed by atoms with Crippen molar-refractivity contribution in [1.29, 1.82) is 0 Å². The largest absolute Gasteiger partial charge is 0.416 e. The zero-order valence-electron chi connectivity index (χ0n) is 16.4. The quantitative estimate of drug-likeness (QED) is 0.774. The summed E-state index contributed by atoms with van der Waals surface area (Å²) in [5.41, 5.74) is -0.00153. The van der Waals surface area contributed by atoms with Gasteiger partial charge in [0.05, 0.1) is 24.8 Å². The standard InChI is InChI=1S/C20H21F3N4O3/c1-10(11-3-5-12(6-4-11)20(21,22)23)27-16(7-15(26-27)18(28)24-2)19(29)25-17-13-8-30-9-14(13)17/h3-7,10,13-14,17H,8-9H2,1-2H3,(H,24,28)(H,25,29)/t10-,13-,14+,17?/m0/s1. The van der Waals surface area contributed by atoms with Gasteiger partial charge in [0.25, 0.3) is 11.8 Å². The molecule has 2 amide bonds. The van der Waals surface area contributed by atoms with Crippen LogP contribution in [0.1, 0.15) is 45.1 Å². The normalized spacial score (nSPS) is 23.6. The number of nitrogens with zero attached hydrogens (tertiary/aromatic N) is 2. The number of fused-ring (bicyclic) bond motifs is 1. The van der Waals surface area contributed by atoms with Crippen molar-refractivity contribution in [2.24, 2.45) is 11.8 Å². The molecule has 2 aliphatic rings. The molecule has 2 aromatic rings. The molecule has 1 saturated heterocycles. The second-order valence-electron chi connectivity index (χ2n) is 7.60. The lowest BCUT2D eigenvalue weighted by atomic mass is 10.1. The number of benzene rings is 1. The Kier molecular flexibility index (Phi) is 5.05. The molecule has 1 aliphatic heterocycles. The fraction of sp³-hybridized carbons (Fsp3) is 0.450. The van der Waals surface area contributed by atoms with Crippen molar-refractivity contribution in [3.05, 3.63) is 52.8 Å². The van der Waals surface area contributed by atoms with E-state index in [0.29, 0.717) is 30.6 Å². The Hall–Kier alpha value is -2.88. The topological polar surface area (TPSA) is 85.3 Å². The number of carbonyl (C=O) groups excluding carboxylic acids is 2. The van der Waals surface area contributed by atoms with Crippen LogP contribution in [0.2, 0.25) is 0 Å². The van der Waals surface area contributed by atoms with Crippen LogP contribution in [0.25, 0.3) is 0 Å². The average molecular weight is 422 g/mol. The highest BCUT2D eigenvalue weighted by Crippen LogP contribution is 2.44. The maximum absolute atomic E-state index is 12.9. The number of hydrogen-bond donors (Lipinski definition) is 2. The third-order valence-electron chi connectivity index (χ3n) is 5.77. The summed E-state index contributed by atoms with van der Waals surface area (Å²) in [5.74, 6) is -0.234. The van der Waals surface area contributed by atoms with Gasteiger partial charge in [0, 0.05) is 31.0 Å². The fourth-order valence-corrected chi connectivity index (χ4v) is 3.87. The molecular formula is C20H21F3N4O3. The van der Waals surface area contributed by atoms with Crippen molar-refractivity contribution in [3.63, 3.8) is 0 Å². The highest BCUT2D eigenvalue weighted by molar-refractivity contribution is 5.98. The fourth-order valence-electron chi connectivity index (χ4n) is 3.87. The first-order valence-electron chi connectivity index (χ1n) is 9.58. The molecule has 4 rings (SSSR count). The van der Waals surface area contributed by atoms with Crippen molar-refractivity contribution in [2.45, 2.75) is 25.2 Å². The summed E-state index contributed by atoms with van der Waals surface area (Å²) in [5, 5.41) is 9.67. The van der Waals surface area contributed by atoms with Crippen LogP contribution in [0.5, 0.6) is 0 Å². The molecule has 30 heavy (non-hydrogen) atoms. The summed E-state index contributed by atoms with van der Waals surface area (Å²) in [6.07, 6.45) is -4.43. The van der Waals surface area contributed by atoms with Crippen LogP contribution in [0, 0.1) is 11.8 Å². The number of nitrogens with one attached hydrogen (secondary N) is 2. The molecule has 2 heterocycles. The number of hydrogen-bond acceptors (Lipinski definition) is 4. The summed E-state index contributed by atoms with van der Waals surface area (Å²) in [6.45, 7) is 2.93. The van der Waals surface area contributed by atoms with Gasteiger partial charge < -0.3 is 15.4 Å². The summed E-state index contributed by atoms with van der Waals surface area (Å²) in [4.78, 5) is 24.9. The predicted molar refractivity (Wildman–Crippen MR) is 99.9 cm³/mol. The molecular weight excluding hydrogens is 401 g/mol. The second-order valence-corrected chi connectivity index (χ2v) is 7.60. The molecule has 7 nitrogen and oxygen atoms in total. The summed E-state index contributed by atoms with van der Waals surface area (Å²) >= 11 is 0. The van der Waals surface area contributed by atoms with Crippen LogP contribution in [-0.4, -0.2) is 47.9 Å². The lowest BCUT2D eigenvalue weighted by Gasteiger charge is -2.17. The zero-order chi connectivity index (χ0) is 21.6. The van der Waals surface area contributed by atoms with Gasteiger partial charge in [-0.1, -0.05) is 12.1 Å². The number of ether oxygens (including phenoxy) is 1. The van der Waals surface area contributed by atoms with Crippen molar-refractivity contribution >= 4 is 11.8 Å². The molecule has 160 valence electrons. The molecule has 0 radical (unpaired) electrons. The van der Waals surface area contributed by atoms with Gasteiger partial charge in [0.15, 0.2) is 5.69 Å². The van der Waals surface area contributed by atoms with Crippen LogP contribution >= 0.6 is 0 Å². The van der Waals surface area contributed by atoms with E-state index in [2.05, 4.69) is 15.7 Å². The Morgan fingerprint density at radius 2 is 1.80 bits per heavy atom. The number of halogens is 3. The average Bonchev–Trinajstić information content (AvgIpc) is 3.11. The number of alkyl halides is 3. The Morgan fingerprint density at radius 1 is 1.17 bits per heavy atom. The monoisotopic (exact) mass is 422 g/mol. The first kappa shape index (κ1) is 20.4. The maximum atomic E-state index is 12.9. The first-order valence-corrected chi connectivity index (χ1v) is 9.58. The third-order valence-corrected chi connectivity index (χ3v) is 5.77. The summed E-state index contributed by atoms with van der Waals surface area (Å²) in [7, 11) is 1.45. The zero-order valence-corrected chi connectivity index (χ0v) is 16.4. The van der Waals surface area contributed by atoms with Crippen molar-refractivity contribution in [2.75, 3.05) is 20.3 Å². The maximum Gasteiger partial charge on any atom is 0.416 e. The molecule has 4 atom stereocenters. The predicted octanol–water partition coefficient (Wildman–Crippen LogP) is 2.25. The van der Waals surface area contributed by atoms with Gasteiger partial charge in [-0.15, -0.1) is 0 Å². The Balaban J connectivity index is 1.61. The van der Waals surface area contributed by atoms with E-state index in [1.54, 1.807) is 6.92 Å². The molecule has 1 aromatic heterocycles. The lowest BCUT2D eigenvalue weighted by Crippen LogP contribution is -2.32. The van der Waals surface area contributed by atoms with E-state index in [1.807, 2.05) is 0 Å². The minimum atomic E-state index is -4.43. The molecule has 1 unspecified atom stereocenters. The van der Waals surface area contributed by atoms with Gasteiger partial charge in [-0.25, -0.2) is 0 Å². The van der Waals surface area contributed by atoms with Gasteiger partial charge in [-0.3, -0.25) is 14.3 Å². The molecule has 2 N–H and O–H groups in total. The highest BCUT2D eigenvalue weighted by atomic mass is 19.4. The van der Waals surface area contributed by atoms with Crippen molar-refractivity contribution in [3.8, 4) is 0 Å². The van der Waals surface area contributed by atoms with Gasteiger partial charge >= 0.3 is 6.18 Å². The summed E-state index contributed by atoms with van der Waals surface area (Å²) < 4.78 is 45.2. The second kappa shape index (κ2) is 7.42. The van der Waals surface area contributed by atoms with E-state index < -0.39 is 23.7 Å². The molecule has 1 saturated carbocycles.